The molecule has 154 valence electrons. The fraction of sp³-hybridized carbons (Fsp3) is 0.400. The number of carbonyl (C=O) groups is 3. The van der Waals surface area contributed by atoms with Crippen molar-refractivity contribution in [2.45, 2.75) is 38.8 Å². The lowest BCUT2D eigenvalue weighted by atomic mass is 10.1. The van der Waals surface area contributed by atoms with Gasteiger partial charge in [-0.3, -0.25) is 14.5 Å². The highest BCUT2D eigenvalue weighted by molar-refractivity contribution is 6.06. The van der Waals surface area contributed by atoms with Crippen molar-refractivity contribution in [3.63, 3.8) is 0 Å². The van der Waals surface area contributed by atoms with E-state index in [1.165, 1.54) is 13.2 Å². The van der Waals surface area contributed by atoms with Crippen LogP contribution in [0, 0.1) is 0 Å². The number of imide groups is 1. The van der Waals surface area contributed by atoms with E-state index < -0.39 is 23.2 Å². The zero-order chi connectivity index (χ0) is 21.2. The third-order valence-corrected chi connectivity index (χ3v) is 4.63. The fourth-order valence-corrected chi connectivity index (χ4v) is 3.09. The Labute approximate surface area is 166 Å². The van der Waals surface area contributed by atoms with Crippen LogP contribution < -0.4 is 15.7 Å². The number of hydrogen-bond acceptors (Lipinski definition) is 7. The Balaban J connectivity index is 1.57. The van der Waals surface area contributed by atoms with Gasteiger partial charge in [-0.25, -0.2) is 9.59 Å². The van der Waals surface area contributed by atoms with E-state index in [2.05, 4.69) is 5.32 Å². The van der Waals surface area contributed by atoms with Gasteiger partial charge in [-0.2, -0.15) is 0 Å². The molecule has 0 spiro atoms. The van der Waals surface area contributed by atoms with Gasteiger partial charge in [0.25, 0.3) is 5.91 Å². The van der Waals surface area contributed by atoms with Gasteiger partial charge in [-0.15, -0.1) is 0 Å². The number of rotatable bonds is 7. The maximum absolute atomic E-state index is 12.1. The number of esters is 1. The van der Waals surface area contributed by atoms with Gasteiger partial charge in [-0.1, -0.05) is 0 Å². The van der Waals surface area contributed by atoms with E-state index >= 15 is 0 Å². The van der Waals surface area contributed by atoms with E-state index in [9.17, 15) is 19.2 Å². The molecule has 29 heavy (non-hydrogen) atoms. The van der Waals surface area contributed by atoms with E-state index in [-0.39, 0.29) is 31.9 Å². The van der Waals surface area contributed by atoms with Crippen LogP contribution in [0.5, 0.6) is 5.75 Å². The van der Waals surface area contributed by atoms with Crippen LogP contribution >= 0.6 is 0 Å². The number of fused-ring (bicyclic) bond motifs is 1. The molecule has 0 bridgehead atoms. The number of benzene rings is 1. The standard InChI is InChI=1S/C20H22N2O7/c1-20(2)18(25)22(19(26)21-20)8-4-5-16(23)28-11-12-9-17(24)29-15-10-13(27-3)6-7-14(12)15/h6-7,9-10H,4-5,8,11H2,1-3H3,(H,21,26). The molecule has 1 aliphatic heterocycles. The molecule has 0 atom stereocenters. The van der Waals surface area contributed by atoms with Crippen LogP contribution in [0.4, 0.5) is 4.79 Å². The normalized spacial score (nSPS) is 15.5. The molecule has 1 aromatic heterocycles. The zero-order valence-corrected chi connectivity index (χ0v) is 16.4. The summed E-state index contributed by atoms with van der Waals surface area (Å²) in [5, 5.41) is 3.22. The second-order valence-corrected chi connectivity index (χ2v) is 7.23. The lowest BCUT2D eigenvalue weighted by Crippen LogP contribution is -2.40. The molecule has 9 nitrogen and oxygen atoms in total. The smallest absolute Gasteiger partial charge is 0.336 e. The number of amides is 3. The molecule has 3 amide bonds. The Bertz CT molecular complexity index is 1030. The predicted molar refractivity (Wildman–Crippen MR) is 102 cm³/mol. The van der Waals surface area contributed by atoms with Crippen LogP contribution in [0.1, 0.15) is 32.3 Å². The predicted octanol–water partition coefficient (Wildman–Crippen LogP) is 1.96. The summed E-state index contributed by atoms with van der Waals surface area (Å²) < 4.78 is 15.5. The van der Waals surface area contributed by atoms with Crippen LogP contribution in [0.25, 0.3) is 11.0 Å². The second-order valence-electron chi connectivity index (χ2n) is 7.23. The van der Waals surface area contributed by atoms with Crippen LogP contribution in [0.3, 0.4) is 0 Å². The van der Waals surface area contributed by atoms with Crippen molar-refractivity contribution in [2.75, 3.05) is 13.7 Å². The van der Waals surface area contributed by atoms with Gasteiger partial charge in [-0.05, 0) is 32.4 Å². The van der Waals surface area contributed by atoms with E-state index in [1.54, 1.807) is 32.0 Å². The van der Waals surface area contributed by atoms with Crippen LogP contribution in [0.15, 0.2) is 33.5 Å². The minimum Gasteiger partial charge on any atom is -0.497 e. The summed E-state index contributed by atoms with van der Waals surface area (Å²) in [5.41, 5.74) is -0.638. The first-order valence-corrected chi connectivity index (χ1v) is 9.12. The third kappa shape index (κ3) is 4.39. The second kappa shape index (κ2) is 7.94. The quantitative estimate of drug-likeness (QED) is 0.428. The average molecular weight is 402 g/mol. The van der Waals surface area contributed by atoms with Crippen molar-refractivity contribution in [3.8, 4) is 5.75 Å². The maximum Gasteiger partial charge on any atom is 0.336 e. The van der Waals surface area contributed by atoms with Gasteiger partial charge in [0.2, 0.25) is 0 Å². The van der Waals surface area contributed by atoms with Gasteiger partial charge in [0.1, 0.15) is 23.5 Å². The summed E-state index contributed by atoms with van der Waals surface area (Å²) in [6.45, 7) is 3.28. The Hall–Kier alpha value is -3.36. The van der Waals surface area contributed by atoms with Crippen LogP contribution in [-0.2, 0) is 20.9 Å². The zero-order valence-electron chi connectivity index (χ0n) is 16.4. The Morgan fingerprint density at radius 2 is 1.97 bits per heavy atom. The molecule has 3 rings (SSSR count). The highest BCUT2D eigenvalue weighted by Gasteiger charge is 2.43. The summed E-state index contributed by atoms with van der Waals surface area (Å²) in [6, 6.07) is 5.83. The Morgan fingerprint density at radius 1 is 1.21 bits per heavy atom. The molecular weight excluding hydrogens is 380 g/mol. The van der Waals surface area contributed by atoms with Crippen molar-refractivity contribution < 1.29 is 28.3 Å². The first-order chi connectivity index (χ1) is 13.7. The van der Waals surface area contributed by atoms with Crippen molar-refractivity contribution >= 4 is 28.9 Å². The molecular formula is C20H22N2O7. The van der Waals surface area contributed by atoms with Gasteiger partial charge < -0.3 is 19.2 Å². The minimum absolute atomic E-state index is 0.0324. The molecule has 2 heterocycles. The number of hydrogen-bond donors (Lipinski definition) is 1. The van der Waals surface area contributed by atoms with Gasteiger partial charge in [0, 0.05) is 36.0 Å². The van der Waals surface area contributed by atoms with Crippen molar-refractivity contribution in [1.29, 1.82) is 0 Å². The number of urea groups is 1. The van der Waals surface area contributed by atoms with E-state index in [0.717, 1.165) is 4.90 Å². The Kier molecular flexibility index (Phi) is 5.58. The highest BCUT2D eigenvalue weighted by Crippen LogP contribution is 2.23. The molecule has 1 aliphatic rings. The minimum atomic E-state index is -0.935. The number of carbonyl (C=O) groups excluding carboxylic acids is 3. The summed E-state index contributed by atoms with van der Waals surface area (Å²) in [4.78, 5) is 48.8. The Morgan fingerprint density at radius 3 is 2.62 bits per heavy atom. The van der Waals surface area contributed by atoms with Crippen LogP contribution in [0.2, 0.25) is 0 Å². The summed E-state index contributed by atoms with van der Waals surface area (Å²) >= 11 is 0. The molecule has 0 saturated carbocycles. The molecule has 9 heteroatoms. The molecule has 0 aliphatic carbocycles. The van der Waals surface area contributed by atoms with E-state index in [0.29, 0.717) is 22.3 Å². The molecule has 1 N–H and O–H groups in total. The largest absolute Gasteiger partial charge is 0.497 e. The van der Waals surface area contributed by atoms with Crippen molar-refractivity contribution in [1.82, 2.24) is 10.2 Å². The highest BCUT2D eigenvalue weighted by atomic mass is 16.5. The topological polar surface area (TPSA) is 115 Å². The van der Waals surface area contributed by atoms with Gasteiger partial charge >= 0.3 is 17.6 Å². The van der Waals surface area contributed by atoms with Crippen molar-refractivity contribution in [3.05, 3.63) is 40.2 Å². The van der Waals surface area contributed by atoms with Crippen LogP contribution in [-0.4, -0.2) is 42.0 Å². The lowest BCUT2D eigenvalue weighted by molar-refractivity contribution is -0.145. The summed E-state index contributed by atoms with van der Waals surface area (Å²) in [7, 11) is 1.51. The first-order valence-electron chi connectivity index (χ1n) is 9.12. The maximum atomic E-state index is 12.1. The van der Waals surface area contributed by atoms with E-state index in [1.807, 2.05) is 0 Å². The lowest BCUT2D eigenvalue weighted by Gasteiger charge is -2.15. The van der Waals surface area contributed by atoms with Gasteiger partial charge in [0.15, 0.2) is 0 Å². The third-order valence-electron chi connectivity index (χ3n) is 4.63. The van der Waals surface area contributed by atoms with E-state index in [4.69, 9.17) is 13.9 Å². The number of ether oxygens (including phenoxy) is 2. The molecule has 1 fully saturated rings. The molecule has 0 unspecified atom stereocenters. The first kappa shape index (κ1) is 20.4. The fourth-order valence-electron chi connectivity index (χ4n) is 3.09. The molecule has 1 aromatic carbocycles. The van der Waals surface area contributed by atoms with Crippen molar-refractivity contribution in [2.24, 2.45) is 0 Å². The number of nitrogens with one attached hydrogen (secondary N) is 1. The number of methoxy groups -OCH3 is 1. The average Bonchev–Trinajstić information content (AvgIpc) is 2.86. The summed E-state index contributed by atoms with van der Waals surface area (Å²) in [6.07, 6.45) is 0.313. The molecule has 0 radical (unpaired) electrons. The summed E-state index contributed by atoms with van der Waals surface area (Å²) in [5.74, 6) is -0.279. The SMILES string of the molecule is COc1ccc2c(COC(=O)CCCN3C(=O)NC(C)(C)C3=O)cc(=O)oc2c1. The number of nitrogens with zero attached hydrogens (tertiary/aromatic N) is 1. The monoisotopic (exact) mass is 402 g/mol. The molecule has 2 aromatic rings. The van der Waals surface area contributed by atoms with Gasteiger partial charge in [0.05, 0.1) is 7.11 Å². The molecule has 1 saturated heterocycles.